The van der Waals surface area contributed by atoms with Gasteiger partial charge < -0.3 is 0 Å². The molecule has 3 aliphatic carbocycles. The van der Waals surface area contributed by atoms with Crippen LogP contribution in [-0.4, -0.2) is 11.1 Å². The maximum Gasteiger partial charge on any atom is 0.147 e. The summed E-state index contributed by atoms with van der Waals surface area (Å²) in [6.45, 7) is 11.2. The van der Waals surface area contributed by atoms with Crippen molar-refractivity contribution in [3.63, 3.8) is 0 Å². The topological polar surface area (TPSA) is 17.1 Å². The summed E-state index contributed by atoms with van der Waals surface area (Å²) in [5.41, 5.74) is 0.307. The summed E-state index contributed by atoms with van der Waals surface area (Å²) in [4.78, 5) is 12.5. The zero-order valence-electron chi connectivity index (χ0n) is 17.3. The number of Topliss-reactive ketones (excluding diaryl/α,β-unsaturated/α-hetero) is 1. The molecular weight excluding hydrogens is 372 g/mol. The number of ketones is 1. The average Bonchev–Trinajstić information content (AvgIpc) is 3.00. The van der Waals surface area contributed by atoms with Crippen LogP contribution in [0.4, 0.5) is 0 Å². The first kappa shape index (κ1) is 21.5. The molecule has 0 bridgehead atoms. The van der Waals surface area contributed by atoms with Crippen LogP contribution < -0.4 is 0 Å². The van der Waals surface area contributed by atoms with Gasteiger partial charge in [-0.15, -0.1) is 0 Å². The Bertz CT molecular complexity index is 434. The van der Waals surface area contributed by atoms with Crippen molar-refractivity contribution in [2.24, 2.45) is 40.9 Å². The Balaban J connectivity index is 0.00000109. The smallest absolute Gasteiger partial charge is 0.147 e. The number of carbonyl (C=O) groups excluding carboxylic acids is 1. The van der Waals surface area contributed by atoms with E-state index in [1.165, 1.54) is 51.4 Å². The zero-order chi connectivity index (χ0) is 18.6. The van der Waals surface area contributed by atoms with E-state index in [0.717, 1.165) is 36.0 Å². The second kappa shape index (κ2) is 9.38. The van der Waals surface area contributed by atoms with Crippen molar-refractivity contribution < 1.29 is 4.79 Å². The molecule has 146 valence electrons. The molecule has 7 atom stereocenters. The highest BCUT2D eigenvalue weighted by molar-refractivity contribution is 9.09. The molecule has 2 heteroatoms. The summed E-state index contributed by atoms with van der Waals surface area (Å²) < 4.78 is 0. The Labute approximate surface area is 165 Å². The molecule has 0 spiro atoms. The van der Waals surface area contributed by atoms with Crippen LogP contribution in [0.3, 0.4) is 0 Å². The predicted octanol–water partition coefficient (Wildman–Crippen LogP) is 7.27. The summed E-state index contributed by atoms with van der Waals surface area (Å²) >= 11 is 3.43. The average molecular weight is 413 g/mol. The summed E-state index contributed by atoms with van der Waals surface area (Å²) in [6, 6.07) is 0. The molecule has 0 aromatic carbocycles. The number of halogens is 1. The Kier molecular flexibility index (Phi) is 8.05. The molecule has 0 aliphatic heterocycles. The van der Waals surface area contributed by atoms with Crippen molar-refractivity contribution >= 4 is 21.7 Å². The lowest BCUT2D eigenvalue weighted by Gasteiger charge is -2.54. The Morgan fingerprint density at radius 1 is 1.04 bits per heavy atom. The molecule has 0 amide bonds. The Morgan fingerprint density at radius 3 is 2.36 bits per heavy atom. The van der Waals surface area contributed by atoms with Crippen molar-refractivity contribution in [2.75, 3.05) is 5.33 Å². The molecule has 3 aliphatic rings. The molecule has 25 heavy (non-hydrogen) atoms. The monoisotopic (exact) mass is 412 g/mol. The minimum Gasteiger partial charge on any atom is -0.298 e. The molecule has 0 radical (unpaired) electrons. The zero-order valence-corrected chi connectivity index (χ0v) is 18.9. The van der Waals surface area contributed by atoms with Gasteiger partial charge in [-0.25, -0.2) is 0 Å². The van der Waals surface area contributed by atoms with Crippen LogP contribution in [0.2, 0.25) is 0 Å². The van der Waals surface area contributed by atoms with E-state index in [1.54, 1.807) is 0 Å². The SMILES string of the molecule is CC.CCCC1C(CC)CCC2C1CCC1(C)C(C(=O)CBr)CCC21. The molecule has 0 aromatic rings. The minimum atomic E-state index is 0.307. The van der Waals surface area contributed by atoms with E-state index in [9.17, 15) is 4.79 Å². The van der Waals surface area contributed by atoms with E-state index in [1.807, 2.05) is 13.8 Å². The highest BCUT2D eigenvalue weighted by atomic mass is 79.9. The predicted molar refractivity (Wildman–Crippen MR) is 112 cm³/mol. The van der Waals surface area contributed by atoms with E-state index in [0.29, 0.717) is 22.4 Å². The van der Waals surface area contributed by atoms with E-state index in [-0.39, 0.29) is 0 Å². The highest BCUT2D eigenvalue weighted by Crippen LogP contribution is 2.63. The van der Waals surface area contributed by atoms with Crippen LogP contribution in [0.5, 0.6) is 0 Å². The van der Waals surface area contributed by atoms with Crippen LogP contribution in [0.25, 0.3) is 0 Å². The highest BCUT2D eigenvalue weighted by Gasteiger charge is 2.57. The van der Waals surface area contributed by atoms with Crippen molar-refractivity contribution in [1.29, 1.82) is 0 Å². The summed E-state index contributed by atoms with van der Waals surface area (Å²) in [5.74, 6) is 5.46. The number of alkyl halides is 1. The third kappa shape index (κ3) is 3.90. The minimum absolute atomic E-state index is 0.307. The lowest BCUT2D eigenvalue weighted by Crippen LogP contribution is -2.48. The number of rotatable bonds is 5. The van der Waals surface area contributed by atoms with Crippen molar-refractivity contribution in [1.82, 2.24) is 0 Å². The second-order valence-corrected chi connectivity index (χ2v) is 9.47. The third-order valence-electron chi connectivity index (χ3n) is 8.19. The fourth-order valence-corrected chi connectivity index (χ4v) is 7.54. The van der Waals surface area contributed by atoms with Crippen LogP contribution in [-0.2, 0) is 4.79 Å². The van der Waals surface area contributed by atoms with E-state index in [4.69, 9.17) is 0 Å². The molecule has 0 heterocycles. The first-order chi connectivity index (χ1) is 12.1. The standard InChI is InChI=1S/C21H35BrO.C2H6/c1-4-6-15-14(5-2)7-8-17-16(15)11-12-21(3)18(17)9-10-19(21)20(23)13-22;1-2/h14-19H,4-13H2,1-3H3;1-2H3. The van der Waals surface area contributed by atoms with Crippen molar-refractivity contribution in [3.8, 4) is 0 Å². The van der Waals surface area contributed by atoms with Crippen LogP contribution in [0, 0.1) is 40.9 Å². The quantitative estimate of drug-likeness (QED) is 0.433. The van der Waals surface area contributed by atoms with Gasteiger partial charge in [-0.2, -0.15) is 0 Å². The normalized spacial score (nSPS) is 42.8. The van der Waals surface area contributed by atoms with Crippen molar-refractivity contribution in [2.45, 2.75) is 92.4 Å². The Morgan fingerprint density at radius 2 is 1.76 bits per heavy atom. The second-order valence-electron chi connectivity index (χ2n) is 8.91. The van der Waals surface area contributed by atoms with Gasteiger partial charge in [0.2, 0.25) is 0 Å². The largest absolute Gasteiger partial charge is 0.298 e. The van der Waals surface area contributed by atoms with Gasteiger partial charge in [-0.3, -0.25) is 4.79 Å². The van der Waals surface area contributed by atoms with Crippen LogP contribution >= 0.6 is 15.9 Å². The van der Waals surface area contributed by atoms with Crippen LogP contribution in [0.15, 0.2) is 0 Å². The van der Waals surface area contributed by atoms with E-state index >= 15 is 0 Å². The lowest BCUT2D eigenvalue weighted by molar-refractivity contribution is -0.127. The fourth-order valence-electron chi connectivity index (χ4n) is 7.15. The molecular formula is C23H41BrO. The first-order valence-electron chi connectivity index (χ1n) is 11.1. The fraction of sp³-hybridized carbons (Fsp3) is 0.957. The van der Waals surface area contributed by atoms with Gasteiger partial charge >= 0.3 is 0 Å². The maximum atomic E-state index is 12.5. The van der Waals surface area contributed by atoms with Gasteiger partial charge in [0.25, 0.3) is 0 Å². The summed E-state index contributed by atoms with van der Waals surface area (Å²) in [7, 11) is 0. The lowest BCUT2D eigenvalue weighted by atomic mass is 9.50. The number of hydrogen-bond donors (Lipinski definition) is 0. The van der Waals surface area contributed by atoms with E-state index < -0.39 is 0 Å². The number of hydrogen-bond acceptors (Lipinski definition) is 1. The van der Waals surface area contributed by atoms with Gasteiger partial charge in [0.05, 0.1) is 5.33 Å². The number of fused-ring (bicyclic) bond motifs is 3. The molecule has 3 rings (SSSR count). The first-order valence-corrected chi connectivity index (χ1v) is 12.3. The summed E-state index contributed by atoms with van der Waals surface area (Å²) in [6.07, 6.45) is 12.2. The number of carbonyl (C=O) groups is 1. The molecule has 0 aromatic heterocycles. The van der Waals surface area contributed by atoms with Crippen molar-refractivity contribution in [3.05, 3.63) is 0 Å². The maximum absolute atomic E-state index is 12.5. The summed E-state index contributed by atoms with van der Waals surface area (Å²) in [5, 5.41) is 0.560. The third-order valence-corrected chi connectivity index (χ3v) is 8.74. The van der Waals surface area contributed by atoms with E-state index in [2.05, 4.69) is 36.7 Å². The molecule has 0 N–H and O–H groups in total. The molecule has 7 unspecified atom stereocenters. The molecule has 1 nitrogen and oxygen atoms in total. The van der Waals surface area contributed by atoms with Crippen LogP contribution in [0.1, 0.15) is 92.4 Å². The molecule has 0 saturated heterocycles. The molecule has 3 saturated carbocycles. The van der Waals surface area contributed by atoms with Gasteiger partial charge in [0.1, 0.15) is 5.78 Å². The Hall–Kier alpha value is 0.150. The van der Waals surface area contributed by atoms with Gasteiger partial charge in [0, 0.05) is 5.92 Å². The van der Waals surface area contributed by atoms with Gasteiger partial charge in [0.15, 0.2) is 0 Å². The molecule has 3 fully saturated rings. The van der Waals surface area contributed by atoms with Gasteiger partial charge in [-0.1, -0.05) is 69.8 Å². The van der Waals surface area contributed by atoms with Gasteiger partial charge in [-0.05, 0) is 73.5 Å².